The van der Waals surface area contributed by atoms with Crippen molar-refractivity contribution in [3.05, 3.63) is 48.4 Å². The molecule has 0 aliphatic rings. The molecule has 1 aromatic carbocycles. The molecule has 2 aromatic rings. The maximum atomic E-state index is 12.0. The van der Waals surface area contributed by atoms with E-state index in [1.165, 1.54) is 12.1 Å². The molecule has 0 amide bonds. The van der Waals surface area contributed by atoms with Gasteiger partial charge in [-0.3, -0.25) is 0 Å². The Morgan fingerprint density at radius 3 is 2.52 bits per heavy atom. The maximum Gasteiger partial charge on any atom is 0.387 e. The highest BCUT2D eigenvalue weighted by Gasteiger charge is 2.09. The van der Waals surface area contributed by atoms with E-state index in [4.69, 9.17) is 16.6 Å². The van der Waals surface area contributed by atoms with E-state index in [1.54, 1.807) is 24.5 Å². The second kappa shape index (κ2) is 7.03. The van der Waals surface area contributed by atoms with Gasteiger partial charge in [0.15, 0.2) is 5.11 Å². The lowest BCUT2D eigenvalue weighted by atomic mass is 10.2. The molecule has 0 spiro atoms. The second-order valence-electron chi connectivity index (χ2n) is 4.24. The van der Waals surface area contributed by atoms with Crippen LogP contribution in [0, 0.1) is 0 Å². The lowest BCUT2D eigenvalue weighted by Gasteiger charge is -2.15. The van der Waals surface area contributed by atoms with Crippen molar-refractivity contribution in [2.24, 2.45) is 0 Å². The summed E-state index contributed by atoms with van der Waals surface area (Å²) in [5.41, 5.74) is 0.667. The monoisotopic (exact) mass is 312 g/mol. The summed E-state index contributed by atoms with van der Waals surface area (Å²) >= 11 is 5.17. The quantitative estimate of drug-likeness (QED) is 0.819. The van der Waals surface area contributed by atoms with Crippen molar-refractivity contribution in [3.63, 3.8) is 0 Å². The van der Waals surface area contributed by atoms with Crippen LogP contribution >= 0.6 is 12.2 Å². The summed E-state index contributed by atoms with van der Waals surface area (Å²) < 4.78 is 33.6. The first-order valence-electron chi connectivity index (χ1n) is 6.20. The van der Waals surface area contributed by atoms with Crippen LogP contribution in [0.3, 0.4) is 0 Å². The smallest absolute Gasteiger partial charge is 0.387 e. The van der Waals surface area contributed by atoms with Crippen molar-refractivity contribution in [1.82, 2.24) is 5.32 Å². The van der Waals surface area contributed by atoms with E-state index in [0.29, 0.717) is 10.8 Å². The third kappa shape index (κ3) is 4.71. The van der Waals surface area contributed by atoms with Gasteiger partial charge in [0.25, 0.3) is 0 Å². The van der Waals surface area contributed by atoms with Crippen LogP contribution in [-0.4, -0.2) is 11.7 Å². The van der Waals surface area contributed by atoms with Crippen LogP contribution in [0.5, 0.6) is 5.75 Å². The van der Waals surface area contributed by atoms with Gasteiger partial charge in [-0.05, 0) is 55.5 Å². The van der Waals surface area contributed by atoms with E-state index < -0.39 is 6.61 Å². The Morgan fingerprint density at radius 2 is 1.95 bits per heavy atom. The third-order valence-electron chi connectivity index (χ3n) is 2.65. The number of halogens is 2. The van der Waals surface area contributed by atoms with Crippen molar-refractivity contribution in [1.29, 1.82) is 0 Å². The predicted molar refractivity (Wildman–Crippen MR) is 79.6 cm³/mol. The SMILES string of the molecule is C[C@@H](NC(=S)Nc1ccc(OC(F)F)cc1)c1ccco1. The molecule has 0 fully saturated rings. The molecule has 1 aromatic heterocycles. The summed E-state index contributed by atoms with van der Waals surface area (Å²) in [7, 11) is 0. The number of thiocarbonyl (C=S) groups is 1. The molecule has 21 heavy (non-hydrogen) atoms. The number of anilines is 1. The Kier molecular flexibility index (Phi) is 5.10. The summed E-state index contributed by atoms with van der Waals surface area (Å²) in [6, 6.07) is 9.64. The standard InChI is InChI=1S/C14H14F2N2O2S/c1-9(12-3-2-8-19-12)17-14(21)18-10-4-6-11(7-5-10)20-13(15)16/h2-9,13H,1H3,(H2,17,18,21)/t9-/m1/s1. The number of furan rings is 1. The van der Waals surface area contributed by atoms with Crippen molar-refractivity contribution < 1.29 is 17.9 Å². The lowest BCUT2D eigenvalue weighted by molar-refractivity contribution is -0.0498. The van der Waals surface area contributed by atoms with Crippen molar-refractivity contribution in [2.45, 2.75) is 19.6 Å². The van der Waals surface area contributed by atoms with E-state index in [1.807, 2.05) is 13.0 Å². The summed E-state index contributed by atoms with van der Waals surface area (Å²) in [5.74, 6) is 0.859. The molecule has 1 atom stereocenters. The van der Waals surface area contributed by atoms with Gasteiger partial charge in [-0.1, -0.05) is 0 Å². The molecular weight excluding hydrogens is 298 g/mol. The molecule has 2 rings (SSSR count). The van der Waals surface area contributed by atoms with Crippen LogP contribution in [0.4, 0.5) is 14.5 Å². The first-order chi connectivity index (χ1) is 10.0. The number of hydrogen-bond acceptors (Lipinski definition) is 3. The van der Waals surface area contributed by atoms with Crippen molar-refractivity contribution >= 4 is 23.0 Å². The van der Waals surface area contributed by atoms with E-state index in [-0.39, 0.29) is 11.8 Å². The van der Waals surface area contributed by atoms with Gasteiger partial charge in [0.05, 0.1) is 12.3 Å². The van der Waals surface area contributed by atoms with Gasteiger partial charge < -0.3 is 19.8 Å². The molecule has 4 nitrogen and oxygen atoms in total. The fourth-order valence-electron chi connectivity index (χ4n) is 1.69. The molecule has 7 heteroatoms. The van der Waals surface area contributed by atoms with Crippen LogP contribution in [0.1, 0.15) is 18.7 Å². The second-order valence-corrected chi connectivity index (χ2v) is 4.65. The highest BCUT2D eigenvalue weighted by atomic mass is 32.1. The first kappa shape index (κ1) is 15.2. The highest BCUT2D eigenvalue weighted by Crippen LogP contribution is 2.18. The summed E-state index contributed by atoms with van der Waals surface area (Å²) in [6.45, 7) is -0.924. The molecule has 1 heterocycles. The Hall–Kier alpha value is -2.15. The van der Waals surface area contributed by atoms with Gasteiger partial charge in [0, 0.05) is 5.69 Å². The van der Waals surface area contributed by atoms with Crippen molar-refractivity contribution in [3.8, 4) is 5.75 Å². The molecule has 112 valence electrons. The Morgan fingerprint density at radius 1 is 1.24 bits per heavy atom. The largest absolute Gasteiger partial charge is 0.467 e. The van der Waals surface area contributed by atoms with Crippen molar-refractivity contribution in [2.75, 3.05) is 5.32 Å². The Balaban J connectivity index is 1.87. The fourth-order valence-corrected chi connectivity index (χ4v) is 1.99. The summed E-state index contributed by atoms with van der Waals surface area (Å²) in [6.07, 6.45) is 1.59. The normalized spacial score (nSPS) is 12.0. The average Bonchev–Trinajstić information content (AvgIpc) is 2.94. The molecule has 0 saturated heterocycles. The van der Waals surface area contributed by atoms with Gasteiger partial charge >= 0.3 is 6.61 Å². The van der Waals surface area contributed by atoms with Gasteiger partial charge in [-0.25, -0.2) is 0 Å². The summed E-state index contributed by atoms with van der Waals surface area (Å²) in [5, 5.41) is 6.41. The van der Waals surface area contributed by atoms with Crippen LogP contribution < -0.4 is 15.4 Å². The molecule has 0 saturated carbocycles. The molecule has 0 aliphatic heterocycles. The zero-order valence-corrected chi connectivity index (χ0v) is 12.0. The Labute approximate surface area is 126 Å². The fraction of sp³-hybridized carbons (Fsp3) is 0.214. The van der Waals surface area contributed by atoms with Crippen LogP contribution in [0.15, 0.2) is 47.1 Å². The maximum absolute atomic E-state index is 12.0. The minimum absolute atomic E-state index is 0.0820. The van der Waals surface area contributed by atoms with Gasteiger partial charge in [-0.2, -0.15) is 8.78 Å². The Bertz CT molecular complexity index is 573. The topological polar surface area (TPSA) is 46.4 Å². The molecule has 0 radical (unpaired) electrons. The zero-order valence-electron chi connectivity index (χ0n) is 11.2. The number of hydrogen-bond donors (Lipinski definition) is 2. The molecular formula is C14H14F2N2O2S. The lowest BCUT2D eigenvalue weighted by Crippen LogP contribution is -2.30. The van der Waals surface area contributed by atoms with Crippen LogP contribution in [0.2, 0.25) is 0 Å². The van der Waals surface area contributed by atoms with Crippen LogP contribution in [-0.2, 0) is 0 Å². The number of rotatable bonds is 5. The minimum Gasteiger partial charge on any atom is -0.467 e. The molecule has 2 N–H and O–H groups in total. The number of ether oxygens (including phenoxy) is 1. The average molecular weight is 312 g/mol. The van der Waals surface area contributed by atoms with E-state index >= 15 is 0 Å². The minimum atomic E-state index is -2.83. The third-order valence-corrected chi connectivity index (χ3v) is 2.87. The number of benzene rings is 1. The van der Waals surface area contributed by atoms with Gasteiger partial charge in [0.2, 0.25) is 0 Å². The van der Waals surface area contributed by atoms with Gasteiger partial charge in [-0.15, -0.1) is 0 Å². The predicted octanol–water partition coefficient (Wildman–Crippen LogP) is 3.93. The molecule has 0 aliphatic carbocycles. The highest BCUT2D eigenvalue weighted by molar-refractivity contribution is 7.80. The van der Waals surface area contributed by atoms with Crippen LogP contribution in [0.25, 0.3) is 0 Å². The van der Waals surface area contributed by atoms with Gasteiger partial charge in [0.1, 0.15) is 11.5 Å². The number of nitrogens with one attached hydrogen (secondary N) is 2. The van der Waals surface area contributed by atoms with E-state index in [0.717, 1.165) is 5.76 Å². The summed E-state index contributed by atoms with van der Waals surface area (Å²) in [4.78, 5) is 0. The molecule has 0 unspecified atom stereocenters. The van der Waals surface area contributed by atoms with E-state index in [9.17, 15) is 8.78 Å². The number of alkyl halides is 2. The first-order valence-corrected chi connectivity index (χ1v) is 6.61. The zero-order chi connectivity index (χ0) is 15.2. The molecule has 0 bridgehead atoms. The van der Waals surface area contributed by atoms with E-state index in [2.05, 4.69) is 15.4 Å².